The molecule has 2 rings (SSSR count). The number of carbonyl (C=O) groups excluding carboxylic acids is 1. The van der Waals surface area contributed by atoms with E-state index in [0.717, 1.165) is 5.56 Å². The Morgan fingerprint density at radius 2 is 2.18 bits per heavy atom. The molecule has 1 aromatic carbocycles. The van der Waals surface area contributed by atoms with Crippen molar-refractivity contribution in [3.63, 3.8) is 0 Å². The highest BCUT2D eigenvalue weighted by Crippen LogP contribution is 2.14. The molecule has 0 fully saturated rings. The number of carbonyl (C=O) groups is 1. The van der Waals surface area contributed by atoms with Crippen LogP contribution in [0.1, 0.15) is 15.9 Å². The van der Waals surface area contributed by atoms with E-state index in [-0.39, 0.29) is 5.91 Å². The molecule has 3 N–H and O–H groups in total. The number of aryl methyl sites for hydroxylation is 1. The van der Waals surface area contributed by atoms with Crippen molar-refractivity contribution in [1.82, 2.24) is 10.2 Å². The molecule has 1 heterocycles. The highest BCUT2D eigenvalue weighted by atomic mass is 16.1. The number of nitrogens with zero attached hydrogens (tertiary/aromatic N) is 2. The Hall–Kier alpha value is -2.43. The van der Waals surface area contributed by atoms with Crippen LogP contribution in [0.15, 0.2) is 36.5 Å². The zero-order chi connectivity index (χ0) is 12.3. The van der Waals surface area contributed by atoms with Crippen LogP contribution in [0, 0.1) is 6.92 Å². The van der Waals surface area contributed by atoms with Gasteiger partial charge in [0.05, 0.1) is 0 Å². The van der Waals surface area contributed by atoms with Crippen molar-refractivity contribution >= 4 is 17.4 Å². The standard InChI is InChI=1S/C12H12N4O/c1-8-4-5-9(13)7-10(8)12(17)15-11-3-2-6-14-16-11/h2-7H,13H2,1H3,(H,15,16,17). The third kappa shape index (κ3) is 2.57. The maximum absolute atomic E-state index is 12.0. The van der Waals surface area contributed by atoms with Crippen LogP contribution < -0.4 is 11.1 Å². The minimum Gasteiger partial charge on any atom is -0.399 e. The molecule has 5 nitrogen and oxygen atoms in total. The Kier molecular flexibility index (Phi) is 3.00. The number of anilines is 2. The number of hydrogen-bond donors (Lipinski definition) is 2. The summed E-state index contributed by atoms with van der Waals surface area (Å²) in [4.78, 5) is 12.0. The molecule has 0 spiro atoms. The Labute approximate surface area is 98.7 Å². The molecule has 0 aliphatic heterocycles. The van der Waals surface area contributed by atoms with Crippen LogP contribution in [0.2, 0.25) is 0 Å². The van der Waals surface area contributed by atoms with Gasteiger partial charge in [0, 0.05) is 17.4 Å². The number of hydrogen-bond acceptors (Lipinski definition) is 4. The van der Waals surface area contributed by atoms with E-state index in [4.69, 9.17) is 5.73 Å². The lowest BCUT2D eigenvalue weighted by Gasteiger charge is -2.07. The summed E-state index contributed by atoms with van der Waals surface area (Å²) in [7, 11) is 0. The van der Waals surface area contributed by atoms with Gasteiger partial charge in [0.1, 0.15) is 0 Å². The number of nitrogens with two attached hydrogens (primary N) is 1. The van der Waals surface area contributed by atoms with Gasteiger partial charge >= 0.3 is 0 Å². The highest BCUT2D eigenvalue weighted by molar-refractivity contribution is 6.05. The molecule has 0 saturated carbocycles. The molecule has 0 aliphatic rings. The molecule has 0 aliphatic carbocycles. The summed E-state index contributed by atoms with van der Waals surface area (Å²) in [6.07, 6.45) is 1.54. The number of nitrogen functional groups attached to an aromatic ring is 1. The molecule has 86 valence electrons. The van der Waals surface area contributed by atoms with E-state index in [1.165, 1.54) is 0 Å². The van der Waals surface area contributed by atoms with Crippen LogP contribution in [0.25, 0.3) is 0 Å². The van der Waals surface area contributed by atoms with Gasteiger partial charge in [0.2, 0.25) is 0 Å². The fourth-order valence-electron chi connectivity index (χ4n) is 1.44. The van der Waals surface area contributed by atoms with Crippen LogP contribution in [0.5, 0.6) is 0 Å². The smallest absolute Gasteiger partial charge is 0.257 e. The Bertz CT molecular complexity index is 539. The van der Waals surface area contributed by atoms with E-state index in [2.05, 4.69) is 15.5 Å². The molecule has 5 heteroatoms. The van der Waals surface area contributed by atoms with E-state index in [1.807, 2.05) is 6.92 Å². The molecule has 0 saturated heterocycles. The lowest BCUT2D eigenvalue weighted by atomic mass is 10.1. The summed E-state index contributed by atoms with van der Waals surface area (Å²) in [5, 5.41) is 10.1. The van der Waals surface area contributed by atoms with E-state index in [9.17, 15) is 4.79 Å². The molecule has 17 heavy (non-hydrogen) atoms. The minimum atomic E-state index is -0.240. The monoisotopic (exact) mass is 228 g/mol. The number of rotatable bonds is 2. The van der Waals surface area contributed by atoms with Gasteiger partial charge < -0.3 is 11.1 Å². The average molecular weight is 228 g/mol. The zero-order valence-electron chi connectivity index (χ0n) is 9.34. The van der Waals surface area contributed by atoms with Gasteiger partial charge in [-0.05, 0) is 36.8 Å². The second kappa shape index (κ2) is 4.61. The van der Waals surface area contributed by atoms with E-state index >= 15 is 0 Å². The Balaban J connectivity index is 2.23. The first kappa shape index (κ1) is 11.1. The summed E-state index contributed by atoms with van der Waals surface area (Å²) in [6, 6.07) is 8.58. The number of aromatic nitrogens is 2. The highest BCUT2D eigenvalue weighted by Gasteiger charge is 2.10. The number of benzene rings is 1. The van der Waals surface area contributed by atoms with Crippen LogP contribution >= 0.6 is 0 Å². The first-order valence-corrected chi connectivity index (χ1v) is 5.12. The lowest BCUT2D eigenvalue weighted by Crippen LogP contribution is -2.14. The van der Waals surface area contributed by atoms with Crippen LogP contribution in [-0.4, -0.2) is 16.1 Å². The molecular weight excluding hydrogens is 216 g/mol. The van der Waals surface area contributed by atoms with Gasteiger partial charge in [-0.25, -0.2) is 0 Å². The second-order valence-electron chi connectivity index (χ2n) is 3.64. The number of amides is 1. The topological polar surface area (TPSA) is 80.9 Å². The molecule has 0 bridgehead atoms. The third-order valence-corrected chi connectivity index (χ3v) is 2.32. The minimum absolute atomic E-state index is 0.240. The van der Waals surface area contributed by atoms with Crippen LogP contribution in [0.3, 0.4) is 0 Å². The largest absolute Gasteiger partial charge is 0.399 e. The quantitative estimate of drug-likeness (QED) is 0.765. The summed E-state index contributed by atoms with van der Waals surface area (Å²) in [5.41, 5.74) is 7.61. The SMILES string of the molecule is Cc1ccc(N)cc1C(=O)Nc1cccnn1. The zero-order valence-corrected chi connectivity index (χ0v) is 9.34. The van der Waals surface area contributed by atoms with Gasteiger partial charge in [-0.15, -0.1) is 5.10 Å². The van der Waals surface area contributed by atoms with Crippen molar-refractivity contribution in [3.05, 3.63) is 47.7 Å². The molecule has 0 radical (unpaired) electrons. The Morgan fingerprint density at radius 1 is 1.35 bits per heavy atom. The van der Waals surface area contributed by atoms with Crippen molar-refractivity contribution in [1.29, 1.82) is 0 Å². The first-order chi connectivity index (χ1) is 8.16. The molecule has 0 unspecified atom stereocenters. The number of nitrogens with one attached hydrogen (secondary N) is 1. The predicted octanol–water partition coefficient (Wildman–Crippen LogP) is 1.62. The van der Waals surface area contributed by atoms with Crippen LogP contribution in [0.4, 0.5) is 11.5 Å². The van der Waals surface area contributed by atoms with Crippen molar-refractivity contribution in [2.75, 3.05) is 11.1 Å². The summed E-state index contributed by atoms with van der Waals surface area (Å²) < 4.78 is 0. The Morgan fingerprint density at radius 3 is 2.88 bits per heavy atom. The van der Waals surface area contributed by atoms with Gasteiger partial charge in [-0.3, -0.25) is 4.79 Å². The van der Waals surface area contributed by atoms with E-state index in [1.54, 1.807) is 36.5 Å². The van der Waals surface area contributed by atoms with Crippen LogP contribution in [-0.2, 0) is 0 Å². The molecule has 2 aromatic rings. The molecular formula is C12H12N4O. The van der Waals surface area contributed by atoms with Crippen molar-refractivity contribution < 1.29 is 4.79 Å². The predicted molar refractivity (Wildman–Crippen MR) is 65.6 cm³/mol. The summed E-state index contributed by atoms with van der Waals surface area (Å²) >= 11 is 0. The second-order valence-corrected chi connectivity index (χ2v) is 3.64. The van der Waals surface area contributed by atoms with Gasteiger partial charge in [0.25, 0.3) is 5.91 Å². The fourth-order valence-corrected chi connectivity index (χ4v) is 1.44. The lowest BCUT2D eigenvalue weighted by molar-refractivity contribution is 0.102. The van der Waals surface area contributed by atoms with Gasteiger partial charge in [0.15, 0.2) is 5.82 Å². The summed E-state index contributed by atoms with van der Waals surface area (Å²) in [6.45, 7) is 1.85. The van der Waals surface area contributed by atoms with Crippen molar-refractivity contribution in [2.24, 2.45) is 0 Å². The molecule has 1 aromatic heterocycles. The third-order valence-electron chi connectivity index (χ3n) is 2.32. The van der Waals surface area contributed by atoms with E-state index < -0.39 is 0 Å². The summed E-state index contributed by atoms with van der Waals surface area (Å²) in [5.74, 6) is 0.176. The normalized spacial score (nSPS) is 9.94. The fraction of sp³-hybridized carbons (Fsp3) is 0.0833. The van der Waals surface area contributed by atoms with Gasteiger partial charge in [-0.2, -0.15) is 5.10 Å². The van der Waals surface area contributed by atoms with E-state index in [0.29, 0.717) is 17.1 Å². The maximum atomic E-state index is 12.0. The maximum Gasteiger partial charge on any atom is 0.257 e. The van der Waals surface area contributed by atoms with Crippen molar-refractivity contribution in [2.45, 2.75) is 6.92 Å². The molecule has 1 amide bonds. The van der Waals surface area contributed by atoms with Gasteiger partial charge in [-0.1, -0.05) is 6.07 Å². The van der Waals surface area contributed by atoms with Crippen molar-refractivity contribution in [3.8, 4) is 0 Å². The average Bonchev–Trinajstić information content (AvgIpc) is 2.33. The molecule has 0 atom stereocenters. The first-order valence-electron chi connectivity index (χ1n) is 5.12.